The third kappa shape index (κ3) is 2.35. The Bertz CT molecular complexity index is 740. The van der Waals surface area contributed by atoms with Gasteiger partial charge in [0.1, 0.15) is 17.4 Å². The van der Waals surface area contributed by atoms with Gasteiger partial charge in [0.25, 0.3) is 0 Å². The molecule has 2 aromatic carbocycles. The number of rotatable bonds is 3. The second kappa shape index (κ2) is 5.14. The summed E-state index contributed by atoms with van der Waals surface area (Å²) in [5.41, 5.74) is 4.09. The Morgan fingerprint density at radius 2 is 1.95 bits per heavy atom. The Morgan fingerprint density at radius 3 is 2.75 bits per heavy atom. The minimum absolute atomic E-state index is 0.596. The summed E-state index contributed by atoms with van der Waals surface area (Å²) in [5, 5.41) is 11.5. The highest BCUT2D eigenvalue weighted by atomic mass is 16.4. The lowest BCUT2D eigenvalue weighted by Gasteiger charge is -2.09. The molecule has 0 amide bonds. The normalized spacial score (nSPS) is 12.8. The van der Waals surface area contributed by atoms with E-state index in [0.717, 1.165) is 23.0 Å². The summed E-state index contributed by atoms with van der Waals surface area (Å²) in [5.74, 6) is 0.596. The maximum Gasteiger partial charge on any atom is 0.138 e. The third-order valence-corrected chi connectivity index (χ3v) is 3.64. The van der Waals surface area contributed by atoms with E-state index < -0.39 is 6.10 Å². The van der Waals surface area contributed by atoms with Crippen LogP contribution in [0, 0.1) is 6.92 Å². The molecule has 1 unspecified atom stereocenters. The van der Waals surface area contributed by atoms with E-state index in [4.69, 9.17) is 4.42 Å². The summed E-state index contributed by atoms with van der Waals surface area (Å²) in [6, 6.07) is 16.0. The van der Waals surface area contributed by atoms with Crippen molar-refractivity contribution in [2.24, 2.45) is 0 Å². The van der Waals surface area contributed by atoms with E-state index in [1.807, 2.05) is 43.3 Å². The Morgan fingerprint density at radius 1 is 1.10 bits per heavy atom. The van der Waals surface area contributed by atoms with Crippen LogP contribution in [-0.2, 0) is 6.42 Å². The molecule has 0 aliphatic carbocycles. The van der Waals surface area contributed by atoms with Crippen LogP contribution in [-0.4, -0.2) is 5.11 Å². The quantitative estimate of drug-likeness (QED) is 0.763. The van der Waals surface area contributed by atoms with E-state index in [0.29, 0.717) is 5.76 Å². The average molecular weight is 266 g/mol. The van der Waals surface area contributed by atoms with E-state index in [1.54, 1.807) is 0 Å². The summed E-state index contributed by atoms with van der Waals surface area (Å²) in [4.78, 5) is 0. The fourth-order valence-corrected chi connectivity index (χ4v) is 2.47. The molecule has 0 aliphatic heterocycles. The van der Waals surface area contributed by atoms with E-state index in [1.165, 1.54) is 11.1 Å². The minimum Gasteiger partial charge on any atom is -0.458 e. The molecule has 1 heterocycles. The van der Waals surface area contributed by atoms with Gasteiger partial charge >= 0.3 is 0 Å². The third-order valence-electron chi connectivity index (χ3n) is 3.64. The molecule has 0 radical (unpaired) electrons. The molecule has 20 heavy (non-hydrogen) atoms. The van der Waals surface area contributed by atoms with E-state index in [-0.39, 0.29) is 0 Å². The number of benzene rings is 2. The molecule has 1 aromatic heterocycles. The van der Waals surface area contributed by atoms with Gasteiger partial charge in [-0.15, -0.1) is 0 Å². The average Bonchev–Trinajstić information content (AvgIpc) is 2.89. The van der Waals surface area contributed by atoms with Crippen molar-refractivity contribution in [3.8, 4) is 0 Å². The number of aliphatic hydroxyl groups excluding tert-OH is 1. The zero-order chi connectivity index (χ0) is 14.1. The van der Waals surface area contributed by atoms with E-state index >= 15 is 0 Å². The molecule has 0 saturated heterocycles. The second-order valence-corrected chi connectivity index (χ2v) is 5.19. The molecular formula is C18H18O2. The first-order valence-electron chi connectivity index (χ1n) is 6.94. The van der Waals surface area contributed by atoms with Gasteiger partial charge in [-0.1, -0.05) is 42.8 Å². The highest BCUT2D eigenvalue weighted by Gasteiger charge is 2.15. The van der Waals surface area contributed by atoms with Crippen LogP contribution >= 0.6 is 0 Å². The highest BCUT2D eigenvalue weighted by molar-refractivity contribution is 5.78. The van der Waals surface area contributed by atoms with Crippen molar-refractivity contribution < 1.29 is 9.52 Å². The Hall–Kier alpha value is -2.06. The molecule has 0 aliphatic rings. The van der Waals surface area contributed by atoms with Crippen molar-refractivity contribution in [1.82, 2.24) is 0 Å². The molecule has 3 aromatic rings. The Labute approximate surface area is 118 Å². The van der Waals surface area contributed by atoms with Crippen molar-refractivity contribution in [2.45, 2.75) is 26.4 Å². The Kier molecular flexibility index (Phi) is 3.33. The largest absolute Gasteiger partial charge is 0.458 e. The van der Waals surface area contributed by atoms with E-state index in [9.17, 15) is 5.11 Å². The van der Waals surface area contributed by atoms with E-state index in [2.05, 4.69) is 19.1 Å². The maximum absolute atomic E-state index is 10.5. The zero-order valence-corrected chi connectivity index (χ0v) is 11.8. The van der Waals surface area contributed by atoms with Crippen molar-refractivity contribution in [1.29, 1.82) is 0 Å². The van der Waals surface area contributed by atoms with Crippen LogP contribution < -0.4 is 0 Å². The monoisotopic (exact) mass is 266 g/mol. The minimum atomic E-state index is -0.714. The fourth-order valence-electron chi connectivity index (χ4n) is 2.47. The molecule has 0 spiro atoms. The predicted molar refractivity (Wildman–Crippen MR) is 80.8 cm³/mol. The predicted octanol–water partition coefficient (Wildman–Crippen LogP) is 4.39. The lowest BCUT2D eigenvalue weighted by molar-refractivity contribution is 0.192. The van der Waals surface area contributed by atoms with Gasteiger partial charge in [-0.05, 0) is 42.7 Å². The summed E-state index contributed by atoms with van der Waals surface area (Å²) in [6.45, 7) is 4.16. The maximum atomic E-state index is 10.5. The number of hydrogen-bond acceptors (Lipinski definition) is 2. The van der Waals surface area contributed by atoms with Crippen LogP contribution in [0.2, 0.25) is 0 Å². The lowest BCUT2D eigenvalue weighted by Crippen LogP contribution is -1.98. The molecule has 2 heteroatoms. The molecular weight excluding hydrogens is 248 g/mol. The van der Waals surface area contributed by atoms with Gasteiger partial charge in [0.05, 0.1) is 0 Å². The van der Waals surface area contributed by atoms with Crippen LogP contribution in [0.4, 0.5) is 0 Å². The van der Waals surface area contributed by atoms with Gasteiger partial charge in [0.2, 0.25) is 0 Å². The van der Waals surface area contributed by atoms with Gasteiger partial charge < -0.3 is 9.52 Å². The summed E-state index contributed by atoms with van der Waals surface area (Å²) >= 11 is 0. The van der Waals surface area contributed by atoms with Crippen LogP contribution in [0.25, 0.3) is 11.0 Å². The summed E-state index contributed by atoms with van der Waals surface area (Å²) in [6.07, 6.45) is 0.245. The topological polar surface area (TPSA) is 33.4 Å². The summed E-state index contributed by atoms with van der Waals surface area (Å²) < 4.78 is 5.76. The smallest absolute Gasteiger partial charge is 0.138 e. The number of aryl methyl sites for hydroxylation is 2. The van der Waals surface area contributed by atoms with Crippen molar-refractivity contribution in [2.75, 3.05) is 0 Å². The molecule has 102 valence electrons. The first-order valence-corrected chi connectivity index (χ1v) is 6.94. The van der Waals surface area contributed by atoms with Gasteiger partial charge in [-0.2, -0.15) is 0 Å². The molecule has 0 fully saturated rings. The fraction of sp³-hybridized carbons (Fsp3) is 0.222. The first kappa shape index (κ1) is 12.9. The molecule has 3 rings (SSSR count). The van der Waals surface area contributed by atoms with Gasteiger partial charge in [0.15, 0.2) is 0 Å². The van der Waals surface area contributed by atoms with Gasteiger partial charge in [-0.3, -0.25) is 0 Å². The van der Waals surface area contributed by atoms with Crippen molar-refractivity contribution in [3.63, 3.8) is 0 Å². The molecule has 0 bridgehead atoms. The number of furan rings is 1. The lowest BCUT2D eigenvalue weighted by atomic mass is 10.0. The van der Waals surface area contributed by atoms with Crippen LogP contribution in [0.3, 0.4) is 0 Å². The first-order chi connectivity index (χ1) is 9.67. The second-order valence-electron chi connectivity index (χ2n) is 5.19. The number of hydrogen-bond donors (Lipinski definition) is 1. The molecule has 0 saturated carbocycles. The molecule has 1 N–H and O–H groups in total. The van der Waals surface area contributed by atoms with Crippen molar-refractivity contribution in [3.05, 3.63) is 71.0 Å². The Balaban J connectivity index is 2.00. The van der Waals surface area contributed by atoms with Crippen molar-refractivity contribution >= 4 is 11.0 Å². The standard InChI is InChI=1S/C18H18O2/c1-3-13-5-4-6-14(10-13)18(19)17-11-15-9-12(2)7-8-16(15)20-17/h4-11,18-19H,3H2,1-2H3. The molecule has 1 atom stereocenters. The number of fused-ring (bicyclic) bond motifs is 1. The molecule has 2 nitrogen and oxygen atoms in total. The van der Waals surface area contributed by atoms with Gasteiger partial charge in [0, 0.05) is 5.39 Å². The van der Waals surface area contributed by atoms with Crippen LogP contribution in [0.15, 0.2) is 52.9 Å². The SMILES string of the molecule is CCc1cccc(C(O)c2cc3cc(C)ccc3o2)c1. The zero-order valence-electron chi connectivity index (χ0n) is 11.8. The van der Waals surface area contributed by atoms with Crippen LogP contribution in [0.5, 0.6) is 0 Å². The van der Waals surface area contributed by atoms with Gasteiger partial charge in [-0.25, -0.2) is 0 Å². The summed E-state index contributed by atoms with van der Waals surface area (Å²) in [7, 11) is 0. The number of aliphatic hydroxyl groups is 1. The van der Waals surface area contributed by atoms with Crippen LogP contribution in [0.1, 0.15) is 35.5 Å². The highest BCUT2D eigenvalue weighted by Crippen LogP contribution is 2.29.